The van der Waals surface area contributed by atoms with Gasteiger partial charge in [-0.15, -0.1) is 0 Å². The van der Waals surface area contributed by atoms with Crippen molar-refractivity contribution in [1.29, 1.82) is 5.26 Å². The number of ether oxygens (including phenoxy) is 2. The minimum absolute atomic E-state index is 0.119. The monoisotopic (exact) mass is 269 g/mol. The molecular formula is C12H19N3O4. The number of esters is 1. The largest absolute Gasteiger partial charge is 0.468 e. The third kappa shape index (κ3) is 4.50. The number of methoxy groups -OCH3 is 1. The highest BCUT2D eigenvalue weighted by Gasteiger charge is 2.31. The van der Waals surface area contributed by atoms with E-state index in [9.17, 15) is 9.59 Å². The molecule has 0 radical (unpaired) electrons. The summed E-state index contributed by atoms with van der Waals surface area (Å²) >= 11 is 0. The van der Waals surface area contributed by atoms with E-state index in [-0.39, 0.29) is 19.1 Å². The van der Waals surface area contributed by atoms with E-state index in [4.69, 9.17) is 14.7 Å². The topological polar surface area (TPSA) is 82.9 Å². The lowest BCUT2D eigenvalue weighted by molar-refractivity contribution is -0.154. The molecule has 0 bridgehead atoms. The minimum Gasteiger partial charge on any atom is -0.468 e. The summed E-state index contributed by atoms with van der Waals surface area (Å²) in [5, 5.41) is 8.49. The number of morpholine rings is 1. The van der Waals surface area contributed by atoms with Crippen molar-refractivity contribution in [3.63, 3.8) is 0 Å². The van der Waals surface area contributed by atoms with Gasteiger partial charge >= 0.3 is 5.97 Å². The molecule has 19 heavy (non-hydrogen) atoms. The maximum absolute atomic E-state index is 12.0. The van der Waals surface area contributed by atoms with Crippen LogP contribution < -0.4 is 0 Å². The van der Waals surface area contributed by atoms with Crippen LogP contribution in [0.25, 0.3) is 0 Å². The van der Waals surface area contributed by atoms with Gasteiger partial charge in [-0.05, 0) is 0 Å². The molecule has 0 aromatic rings. The quantitative estimate of drug-likeness (QED) is 0.610. The number of carbonyl (C=O) groups is 2. The Kier molecular flexibility index (Phi) is 6.25. The molecule has 7 nitrogen and oxygen atoms in total. The summed E-state index contributed by atoms with van der Waals surface area (Å²) in [6.07, 6.45) is 0.297. The van der Waals surface area contributed by atoms with Crippen LogP contribution in [0.2, 0.25) is 0 Å². The number of rotatable bonds is 5. The van der Waals surface area contributed by atoms with Crippen molar-refractivity contribution in [1.82, 2.24) is 9.80 Å². The lowest BCUT2D eigenvalue weighted by Gasteiger charge is -2.33. The Bertz CT molecular complexity index is 366. The fraction of sp³-hybridized carbons (Fsp3) is 0.750. The van der Waals surface area contributed by atoms with Gasteiger partial charge in [-0.1, -0.05) is 0 Å². The molecule has 1 aliphatic rings. The zero-order valence-corrected chi connectivity index (χ0v) is 11.3. The van der Waals surface area contributed by atoms with Crippen LogP contribution in [0.4, 0.5) is 0 Å². The molecular weight excluding hydrogens is 250 g/mol. The first-order valence-corrected chi connectivity index (χ1v) is 6.10. The number of hydrogen-bond donors (Lipinski definition) is 0. The highest BCUT2D eigenvalue weighted by atomic mass is 16.5. The molecule has 1 aliphatic heterocycles. The summed E-state index contributed by atoms with van der Waals surface area (Å²) in [5.41, 5.74) is 0. The number of hydrogen-bond acceptors (Lipinski definition) is 6. The van der Waals surface area contributed by atoms with E-state index >= 15 is 0 Å². The van der Waals surface area contributed by atoms with Crippen LogP contribution in [0.5, 0.6) is 0 Å². The van der Waals surface area contributed by atoms with Gasteiger partial charge in [-0.25, -0.2) is 0 Å². The lowest BCUT2D eigenvalue weighted by Crippen LogP contribution is -2.53. The molecule has 1 rings (SSSR count). The first-order valence-electron chi connectivity index (χ1n) is 6.10. The molecule has 0 N–H and O–H groups in total. The van der Waals surface area contributed by atoms with E-state index < -0.39 is 12.0 Å². The average molecular weight is 269 g/mol. The first kappa shape index (κ1) is 15.4. The second kappa shape index (κ2) is 7.71. The van der Waals surface area contributed by atoms with E-state index in [0.717, 1.165) is 0 Å². The van der Waals surface area contributed by atoms with Crippen LogP contribution in [-0.4, -0.2) is 74.7 Å². The van der Waals surface area contributed by atoms with Crippen LogP contribution in [0.1, 0.15) is 6.42 Å². The number of carbonyl (C=O) groups excluding carboxylic acids is 2. The fourth-order valence-electron chi connectivity index (χ4n) is 1.82. The highest BCUT2D eigenvalue weighted by molar-refractivity contribution is 5.80. The predicted octanol–water partition coefficient (Wildman–Crippen LogP) is -0.768. The van der Waals surface area contributed by atoms with Crippen LogP contribution >= 0.6 is 0 Å². The van der Waals surface area contributed by atoms with E-state index in [1.54, 1.807) is 11.9 Å². The Morgan fingerprint density at radius 1 is 1.58 bits per heavy atom. The van der Waals surface area contributed by atoms with Crippen molar-refractivity contribution in [3.05, 3.63) is 0 Å². The molecule has 0 aromatic heterocycles. The molecule has 1 atom stereocenters. The molecule has 1 saturated heterocycles. The second-order valence-corrected chi connectivity index (χ2v) is 4.31. The van der Waals surface area contributed by atoms with Crippen LogP contribution in [0.3, 0.4) is 0 Å². The smallest absolute Gasteiger partial charge is 0.325 e. The molecule has 106 valence electrons. The Balaban J connectivity index is 2.55. The SMILES string of the molecule is COC(=O)C1COCCN1CC(=O)N(C)CCC#N. The normalized spacial score (nSPS) is 19.5. The molecule has 0 aromatic carbocycles. The molecule has 1 unspecified atom stereocenters. The number of nitrogens with zero attached hydrogens (tertiary/aromatic N) is 3. The molecule has 1 fully saturated rings. The molecule has 1 amide bonds. The van der Waals surface area contributed by atoms with E-state index in [0.29, 0.717) is 26.1 Å². The molecule has 0 saturated carbocycles. The summed E-state index contributed by atoms with van der Waals surface area (Å²) in [6, 6.07) is 1.46. The Morgan fingerprint density at radius 3 is 2.95 bits per heavy atom. The summed E-state index contributed by atoms with van der Waals surface area (Å²) in [5.74, 6) is -0.516. The van der Waals surface area contributed by atoms with Gasteiger partial charge in [0.2, 0.25) is 5.91 Å². The molecule has 1 heterocycles. The fourth-order valence-corrected chi connectivity index (χ4v) is 1.82. The van der Waals surface area contributed by atoms with Gasteiger partial charge in [0.25, 0.3) is 0 Å². The van der Waals surface area contributed by atoms with Crippen LogP contribution in [-0.2, 0) is 19.1 Å². The number of likely N-dealkylation sites (N-methyl/N-ethyl adjacent to an activating group) is 1. The molecule has 0 spiro atoms. The van der Waals surface area contributed by atoms with Crippen LogP contribution in [0.15, 0.2) is 0 Å². The van der Waals surface area contributed by atoms with Crippen molar-refractivity contribution < 1.29 is 19.1 Å². The van der Waals surface area contributed by atoms with Gasteiger partial charge < -0.3 is 14.4 Å². The van der Waals surface area contributed by atoms with E-state index in [1.165, 1.54) is 12.0 Å². The van der Waals surface area contributed by atoms with Gasteiger partial charge in [0.05, 0.1) is 39.4 Å². The standard InChI is InChI=1S/C12H19N3O4/c1-14(5-3-4-13)11(16)8-15-6-7-19-9-10(15)12(17)18-2/h10H,3,5-9H2,1-2H3. The average Bonchev–Trinajstić information content (AvgIpc) is 2.44. The third-order valence-electron chi connectivity index (χ3n) is 3.04. The summed E-state index contributed by atoms with van der Waals surface area (Å²) in [6.45, 7) is 1.76. The van der Waals surface area contributed by atoms with Crippen molar-refractivity contribution >= 4 is 11.9 Å². The summed E-state index contributed by atoms with van der Waals surface area (Å²) in [7, 11) is 2.96. The van der Waals surface area contributed by atoms with E-state index in [2.05, 4.69) is 0 Å². The second-order valence-electron chi connectivity index (χ2n) is 4.31. The van der Waals surface area contributed by atoms with Crippen molar-refractivity contribution in [2.75, 3.05) is 47.0 Å². The van der Waals surface area contributed by atoms with Gasteiger partial charge in [0.15, 0.2) is 0 Å². The highest BCUT2D eigenvalue weighted by Crippen LogP contribution is 2.09. The predicted molar refractivity (Wildman–Crippen MR) is 66.1 cm³/mol. The van der Waals surface area contributed by atoms with Crippen LogP contribution in [0, 0.1) is 11.3 Å². The summed E-state index contributed by atoms with van der Waals surface area (Å²) < 4.78 is 9.93. The Labute approximate surface area is 112 Å². The zero-order valence-electron chi connectivity index (χ0n) is 11.3. The van der Waals surface area contributed by atoms with Gasteiger partial charge in [-0.2, -0.15) is 5.26 Å². The van der Waals surface area contributed by atoms with E-state index in [1.807, 2.05) is 6.07 Å². The first-order chi connectivity index (χ1) is 9.10. The Morgan fingerprint density at radius 2 is 2.32 bits per heavy atom. The van der Waals surface area contributed by atoms with Crippen molar-refractivity contribution in [2.45, 2.75) is 12.5 Å². The maximum atomic E-state index is 12.0. The maximum Gasteiger partial charge on any atom is 0.325 e. The van der Waals surface area contributed by atoms with Crippen molar-refractivity contribution in [2.24, 2.45) is 0 Å². The van der Waals surface area contributed by atoms with Gasteiger partial charge in [0, 0.05) is 20.1 Å². The molecule has 0 aliphatic carbocycles. The lowest BCUT2D eigenvalue weighted by atomic mass is 10.2. The molecule has 7 heteroatoms. The van der Waals surface area contributed by atoms with Gasteiger partial charge in [0.1, 0.15) is 6.04 Å². The number of amides is 1. The minimum atomic E-state index is -0.535. The third-order valence-corrected chi connectivity index (χ3v) is 3.04. The van der Waals surface area contributed by atoms with Crippen molar-refractivity contribution in [3.8, 4) is 6.07 Å². The number of nitriles is 1. The summed E-state index contributed by atoms with van der Waals surface area (Å²) in [4.78, 5) is 26.8. The van der Waals surface area contributed by atoms with Gasteiger partial charge in [-0.3, -0.25) is 14.5 Å². The zero-order chi connectivity index (χ0) is 14.3. The Hall–Kier alpha value is -1.65.